The van der Waals surface area contributed by atoms with Crippen molar-refractivity contribution in [1.29, 1.82) is 0 Å². The number of carbonyl (C=O) groups is 2. The first-order chi connectivity index (χ1) is 18.3. The summed E-state index contributed by atoms with van der Waals surface area (Å²) < 4.78 is 39.4. The predicted molar refractivity (Wildman–Crippen MR) is 150 cm³/mol. The molecular formula is C32H41F3N2O2. The lowest BCUT2D eigenvalue weighted by Gasteiger charge is -2.49. The second kappa shape index (κ2) is 12.6. The molecule has 0 spiro atoms. The van der Waals surface area contributed by atoms with Crippen molar-refractivity contribution in [3.05, 3.63) is 70.8 Å². The van der Waals surface area contributed by atoms with Crippen LogP contribution in [-0.2, 0) is 11.0 Å². The summed E-state index contributed by atoms with van der Waals surface area (Å²) in [6.45, 7) is 8.88. The third-order valence-electron chi connectivity index (χ3n) is 8.37. The number of hydrogen-bond donors (Lipinski definition) is 0. The summed E-state index contributed by atoms with van der Waals surface area (Å²) >= 11 is 0. The van der Waals surface area contributed by atoms with Crippen molar-refractivity contribution in [2.45, 2.75) is 90.5 Å². The molecule has 0 radical (unpaired) electrons. The topological polar surface area (TPSA) is 49.7 Å². The Balaban J connectivity index is 2.07. The maximum atomic E-state index is 13.1. The molecule has 0 amide bonds. The molecule has 2 aromatic carbocycles. The van der Waals surface area contributed by atoms with Crippen LogP contribution in [0.4, 0.5) is 13.2 Å². The Morgan fingerprint density at radius 1 is 1.03 bits per heavy atom. The Morgan fingerprint density at radius 3 is 2.08 bits per heavy atom. The molecule has 39 heavy (non-hydrogen) atoms. The van der Waals surface area contributed by atoms with E-state index in [2.05, 4.69) is 32.6 Å². The normalized spacial score (nSPS) is 21.6. The van der Waals surface area contributed by atoms with Gasteiger partial charge >= 0.3 is 6.18 Å². The van der Waals surface area contributed by atoms with E-state index in [0.29, 0.717) is 23.3 Å². The predicted octanol–water partition coefficient (Wildman–Crippen LogP) is 8.30. The van der Waals surface area contributed by atoms with Gasteiger partial charge in [-0.1, -0.05) is 76.9 Å². The third-order valence-corrected chi connectivity index (χ3v) is 8.37. The van der Waals surface area contributed by atoms with Gasteiger partial charge in [-0.15, -0.1) is 0 Å². The smallest absolute Gasteiger partial charge is 0.298 e. The summed E-state index contributed by atoms with van der Waals surface area (Å²) in [5, 5.41) is 0. The lowest BCUT2D eigenvalue weighted by molar-refractivity contribution is -0.137. The summed E-state index contributed by atoms with van der Waals surface area (Å²) in [6.07, 6.45) is 3.26. The van der Waals surface area contributed by atoms with Crippen LogP contribution in [0.3, 0.4) is 0 Å². The number of nitrogens with zero attached hydrogens (tertiary/aromatic N) is 2. The minimum absolute atomic E-state index is 0.00102. The molecule has 0 bridgehead atoms. The Morgan fingerprint density at radius 2 is 1.62 bits per heavy atom. The fourth-order valence-electron chi connectivity index (χ4n) is 5.77. The average Bonchev–Trinajstić information content (AvgIpc) is 2.91. The first-order valence-corrected chi connectivity index (χ1v) is 13.9. The Hall–Kier alpha value is -2.80. The van der Waals surface area contributed by atoms with E-state index in [4.69, 9.17) is 4.99 Å². The van der Waals surface area contributed by atoms with Gasteiger partial charge in [-0.3, -0.25) is 19.5 Å². The average molecular weight is 543 g/mol. The molecule has 1 saturated carbocycles. The van der Waals surface area contributed by atoms with Gasteiger partial charge < -0.3 is 0 Å². The van der Waals surface area contributed by atoms with E-state index in [1.807, 2.05) is 31.3 Å². The summed E-state index contributed by atoms with van der Waals surface area (Å²) in [7, 11) is 2.05. The van der Waals surface area contributed by atoms with Gasteiger partial charge in [0.25, 0.3) is 0 Å². The van der Waals surface area contributed by atoms with Crippen LogP contribution in [0.25, 0.3) is 0 Å². The number of rotatable bonds is 10. The highest BCUT2D eigenvalue weighted by molar-refractivity contribution is 6.36. The minimum atomic E-state index is -4.45. The van der Waals surface area contributed by atoms with Gasteiger partial charge in [-0.05, 0) is 68.2 Å². The van der Waals surface area contributed by atoms with Gasteiger partial charge in [0.05, 0.1) is 5.56 Å². The Bertz CT molecular complexity index is 1120. The highest BCUT2D eigenvalue weighted by Crippen LogP contribution is 2.47. The van der Waals surface area contributed by atoms with E-state index < -0.39 is 17.4 Å². The van der Waals surface area contributed by atoms with Crippen LogP contribution in [0.1, 0.15) is 106 Å². The summed E-state index contributed by atoms with van der Waals surface area (Å²) in [6, 6.07) is 12.3. The number of halogens is 3. The van der Waals surface area contributed by atoms with Crippen LogP contribution in [0.15, 0.2) is 53.5 Å². The largest absolute Gasteiger partial charge is 0.416 e. The van der Waals surface area contributed by atoms with Gasteiger partial charge in [0, 0.05) is 17.2 Å². The Labute approximate surface area is 230 Å². The van der Waals surface area contributed by atoms with Gasteiger partial charge in [-0.2, -0.15) is 13.2 Å². The number of benzene rings is 2. The first-order valence-electron chi connectivity index (χ1n) is 13.9. The van der Waals surface area contributed by atoms with E-state index in [9.17, 15) is 22.8 Å². The maximum Gasteiger partial charge on any atom is 0.416 e. The number of alkyl halides is 3. The number of aliphatic imine (C=N–C) groups is 1. The van der Waals surface area contributed by atoms with Gasteiger partial charge in [-0.25, -0.2) is 0 Å². The van der Waals surface area contributed by atoms with Gasteiger partial charge in [0.15, 0.2) is 6.29 Å². The molecule has 0 heterocycles. The van der Waals surface area contributed by atoms with Crippen LogP contribution in [0.2, 0.25) is 0 Å². The minimum Gasteiger partial charge on any atom is -0.298 e. The Kier molecular flexibility index (Phi) is 9.92. The maximum absolute atomic E-state index is 13.1. The number of unbranched alkanes of at least 4 members (excludes halogenated alkanes) is 1. The molecular weight excluding hydrogens is 501 g/mol. The first kappa shape index (κ1) is 30.7. The molecule has 0 saturated heterocycles. The van der Waals surface area contributed by atoms with E-state index >= 15 is 0 Å². The van der Waals surface area contributed by atoms with Gasteiger partial charge in [0.2, 0.25) is 0 Å². The van der Waals surface area contributed by atoms with Crippen molar-refractivity contribution < 1.29 is 22.8 Å². The molecule has 1 aliphatic carbocycles. The van der Waals surface area contributed by atoms with Crippen molar-refractivity contribution in [3.8, 4) is 0 Å². The van der Waals surface area contributed by atoms with E-state index in [1.165, 1.54) is 12.1 Å². The fraction of sp³-hybridized carbons (Fsp3) is 0.531. The molecule has 7 heteroatoms. The number of hydrogen-bond acceptors (Lipinski definition) is 4. The molecule has 212 valence electrons. The van der Waals surface area contributed by atoms with Crippen molar-refractivity contribution in [1.82, 2.24) is 4.90 Å². The summed E-state index contributed by atoms with van der Waals surface area (Å²) in [4.78, 5) is 30.9. The van der Waals surface area contributed by atoms with E-state index in [-0.39, 0.29) is 17.2 Å². The molecule has 3 rings (SSSR count). The van der Waals surface area contributed by atoms with Crippen LogP contribution < -0.4 is 0 Å². The van der Waals surface area contributed by atoms with Crippen molar-refractivity contribution >= 4 is 18.3 Å². The zero-order valence-electron chi connectivity index (χ0n) is 23.7. The second-order valence-electron chi connectivity index (χ2n) is 11.9. The zero-order valence-corrected chi connectivity index (χ0v) is 23.7. The van der Waals surface area contributed by atoms with Crippen LogP contribution >= 0.6 is 0 Å². The quantitative estimate of drug-likeness (QED) is 0.224. The van der Waals surface area contributed by atoms with Crippen molar-refractivity contribution in [3.63, 3.8) is 0 Å². The molecule has 1 aliphatic rings. The third kappa shape index (κ3) is 7.44. The zero-order chi connectivity index (χ0) is 28.8. The lowest BCUT2D eigenvalue weighted by Crippen LogP contribution is -2.50. The number of carbonyl (C=O) groups excluding carboxylic acids is 2. The SMILES string of the molecule is CCCCC(c1ccc(C=O)cc1)N(C)C1(/N=C(\C=O)c2ccc(C(F)(F)F)cc2)CCC(C(C)(C)C)CC1. The highest BCUT2D eigenvalue weighted by Gasteiger charge is 2.44. The standard InChI is InChI=1S/C32H41F3N2O2/c1-6-7-8-29(25-11-9-23(21-38)10-12-25)37(5)31(19-17-26(18-20-31)30(2,3)4)36-28(22-39)24-13-15-27(16-14-24)32(33,34)35/h9-16,21-22,26,29H,6-8,17-20H2,1-5H3/b36-28+. The summed E-state index contributed by atoms with van der Waals surface area (Å²) in [5.74, 6) is 0.501. The van der Waals surface area contributed by atoms with Crippen LogP contribution in [0, 0.1) is 11.3 Å². The molecule has 4 nitrogen and oxygen atoms in total. The fourth-order valence-corrected chi connectivity index (χ4v) is 5.77. The van der Waals surface area contributed by atoms with Crippen molar-refractivity contribution in [2.75, 3.05) is 7.05 Å². The molecule has 0 aliphatic heterocycles. The molecule has 1 atom stereocenters. The summed E-state index contributed by atoms with van der Waals surface area (Å²) in [5.41, 5.74) is 0.919. The van der Waals surface area contributed by atoms with Crippen LogP contribution in [-0.4, -0.2) is 35.9 Å². The van der Waals surface area contributed by atoms with E-state index in [0.717, 1.165) is 68.9 Å². The second-order valence-corrected chi connectivity index (χ2v) is 11.9. The van der Waals surface area contributed by atoms with Crippen LogP contribution in [0.5, 0.6) is 0 Å². The van der Waals surface area contributed by atoms with Gasteiger partial charge in [0.1, 0.15) is 17.7 Å². The molecule has 1 unspecified atom stereocenters. The molecule has 2 aromatic rings. The molecule has 0 N–H and O–H groups in total. The van der Waals surface area contributed by atoms with Crippen molar-refractivity contribution in [2.24, 2.45) is 16.3 Å². The molecule has 1 fully saturated rings. The molecule has 0 aromatic heterocycles. The monoisotopic (exact) mass is 542 g/mol. The van der Waals surface area contributed by atoms with E-state index in [1.54, 1.807) is 0 Å². The lowest BCUT2D eigenvalue weighted by atomic mass is 9.69. The highest BCUT2D eigenvalue weighted by atomic mass is 19.4. The number of aldehydes is 2.